The van der Waals surface area contributed by atoms with Crippen molar-refractivity contribution in [2.24, 2.45) is 0 Å². The lowest BCUT2D eigenvalue weighted by Gasteiger charge is -2.26. The van der Waals surface area contributed by atoms with Gasteiger partial charge in [-0.05, 0) is 50.2 Å². The van der Waals surface area contributed by atoms with Crippen molar-refractivity contribution in [1.29, 1.82) is 0 Å². The molecule has 1 atom stereocenters. The number of halogens is 4. The summed E-state index contributed by atoms with van der Waals surface area (Å²) in [5, 5.41) is 7.04. The summed E-state index contributed by atoms with van der Waals surface area (Å²) in [6, 6.07) is 6.63. The minimum Gasteiger partial charge on any atom is -0.406 e. The van der Waals surface area contributed by atoms with E-state index in [9.17, 15) is 27.2 Å². The first-order valence-corrected chi connectivity index (χ1v) is 11.3. The van der Waals surface area contributed by atoms with E-state index in [0.717, 1.165) is 18.2 Å². The zero-order valence-corrected chi connectivity index (χ0v) is 20.7. The number of pyridine rings is 1. The molecule has 0 spiro atoms. The van der Waals surface area contributed by atoms with Crippen LogP contribution in [-0.4, -0.2) is 49.7 Å². The van der Waals surface area contributed by atoms with Gasteiger partial charge in [-0.2, -0.15) is 5.10 Å². The molecule has 4 rings (SSSR count). The van der Waals surface area contributed by atoms with Crippen LogP contribution < -0.4 is 10.1 Å². The molecule has 13 heteroatoms. The molecule has 0 aliphatic heterocycles. The number of nitrogens with zero attached hydrogens (tertiary/aromatic N) is 5. The van der Waals surface area contributed by atoms with Gasteiger partial charge in [-0.25, -0.2) is 13.9 Å². The average Bonchev–Trinajstić information content (AvgIpc) is 3.24. The second-order valence-electron chi connectivity index (χ2n) is 8.51. The van der Waals surface area contributed by atoms with Crippen LogP contribution in [0.1, 0.15) is 41.5 Å². The maximum atomic E-state index is 14.5. The lowest BCUT2D eigenvalue weighted by atomic mass is 10.0. The summed E-state index contributed by atoms with van der Waals surface area (Å²) < 4.78 is 57.8. The first-order valence-electron chi connectivity index (χ1n) is 11.3. The SMILES string of the molecule is CC(=O)Nc1cn2nc(-c3cnc(C)c(C(=O)N(C)[C@H](C)c4cc(OC(F)(F)F)ccc4F)c3)ccc2n1. The summed E-state index contributed by atoms with van der Waals surface area (Å²) in [7, 11) is 1.41. The lowest BCUT2D eigenvalue weighted by Crippen LogP contribution is -2.31. The molecule has 0 aliphatic rings. The third kappa shape index (κ3) is 5.71. The van der Waals surface area contributed by atoms with Crippen molar-refractivity contribution < 1.29 is 31.9 Å². The van der Waals surface area contributed by atoms with Crippen LogP contribution in [0, 0.1) is 12.7 Å². The number of benzene rings is 1. The molecule has 9 nitrogen and oxygen atoms in total. The van der Waals surface area contributed by atoms with Gasteiger partial charge in [-0.15, -0.1) is 13.2 Å². The Morgan fingerprint density at radius 1 is 1.16 bits per heavy atom. The van der Waals surface area contributed by atoms with E-state index in [2.05, 4.69) is 25.1 Å². The predicted molar refractivity (Wildman–Crippen MR) is 129 cm³/mol. The van der Waals surface area contributed by atoms with Crippen LogP contribution in [0.15, 0.2) is 48.8 Å². The van der Waals surface area contributed by atoms with Gasteiger partial charge in [0.15, 0.2) is 11.5 Å². The Balaban J connectivity index is 1.62. The second kappa shape index (κ2) is 10.1. The summed E-state index contributed by atoms with van der Waals surface area (Å²) in [5.74, 6) is -1.86. The number of aryl methyl sites for hydroxylation is 1. The van der Waals surface area contributed by atoms with E-state index < -0.39 is 29.9 Å². The van der Waals surface area contributed by atoms with Crippen molar-refractivity contribution in [2.75, 3.05) is 12.4 Å². The molecular formula is C25H22F4N6O3. The fourth-order valence-corrected chi connectivity index (χ4v) is 3.78. The molecule has 0 aliphatic carbocycles. The first-order chi connectivity index (χ1) is 17.8. The zero-order chi connectivity index (χ0) is 27.8. The van der Waals surface area contributed by atoms with Crippen LogP contribution in [0.2, 0.25) is 0 Å². The van der Waals surface area contributed by atoms with E-state index in [1.165, 1.54) is 42.7 Å². The molecule has 0 unspecified atom stereocenters. The molecule has 2 amide bonds. The normalized spacial score (nSPS) is 12.3. The van der Waals surface area contributed by atoms with Crippen LogP contribution in [0.3, 0.4) is 0 Å². The molecule has 1 N–H and O–H groups in total. The van der Waals surface area contributed by atoms with Crippen molar-refractivity contribution in [1.82, 2.24) is 24.5 Å². The van der Waals surface area contributed by atoms with E-state index in [0.29, 0.717) is 28.4 Å². The number of amides is 2. The Morgan fingerprint density at radius 2 is 1.89 bits per heavy atom. The zero-order valence-electron chi connectivity index (χ0n) is 20.7. The van der Waals surface area contributed by atoms with E-state index in [1.54, 1.807) is 25.1 Å². The van der Waals surface area contributed by atoms with E-state index in [4.69, 9.17) is 0 Å². The minimum atomic E-state index is -4.94. The van der Waals surface area contributed by atoms with E-state index >= 15 is 0 Å². The average molecular weight is 530 g/mol. The fraction of sp³-hybridized carbons (Fsp3) is 0.240. The number of alkyl halides is 3. The Morgan fingerprint density at radius 3 is 2.58 bits per heavy atom. The molecule has 0 radical (unpaired) electrons. The molecule has 1 aromatic carbocycles. The molecule has 3 aromatic heterocycles. The number of hydrogen-bond donors (Lipinski definition) is 1. The minimum absolute atomic E-state index is 0.147. The summed E-state index contributed by atoms with van der Waals surface area (Å²) in [6.07, 6.45) is -1.87. The van der Waals surface area contributed by atoms with Gasteiger partial charge in [0.2, 0.25) is 5.91 Å². The third-order valence-corrected chi connectivity index (χ3v) is 5.79. The number of imidazole rings is 1. The maximum absolute atomic E-state index is 14.5. The highest BCUT2D eigenvalue weighted by atomic mass is 19.4. The molecule has 3 heterocycles. The smallest absolute Gasteiger partial charge is 0.406 e. The van der Waals surface area contributed by atoms with Gasteiger partial charge in [0.25, 0.3) is 5.91 Å². The van der Waals surface area contributed by atoms with Crippen LogP contribution in [0.5, 0.6) is 5.75 Å². The van der Waals surface area contributed by atoms with Crippen molar-refractivity contribution in [2.45, 2.75) is 33.2 Å². The van der Waals surface area contributed by atoms with Gasteiger partial charge in [-0.3, -0.25) is 14.6 Å². The number of rotatable bonds is 6. The van der Waals surface area contributed by atoms with Crippen LogP contribution in [0.25, 0.3) is 16.9 Å². The van der Waals surface area contributed by atoms with Gasteiger partial charge in [-0.1, -0.05) is 0 Å². The van der Waals surface area contributed by atoms with E-state index in [1.807, 2.05) is 0 Å². The third-order valence-electron chi connectivity index (χ3n) is 5.79. The number of aromatic nitrogens is 4. The lowest BCUT2D eigenvalue weighted by molar-refractivity contribution is -0.274. The summed E-state index contributed by atoms with van der Waals surface area (Å²) in [4.78, 5) is 34.4. The molecule has 0 bridgehead atoms. The number of anilines is 1. The van der Waals surface area contributed by atoms with Crippen molar-refractivity contribution in [3.8, 4) is 17.0 Å². The van der Waals surface area contributed by atoms with Crippen molar-refractivity contribution in [3.05, 3.63) is 71.4 Å². The monoisotopic (exact) mass is 530 g/mol. The highest BCUT2D eigenvalue weighted by Gasteiger charge is 2.32. The predicted octanol–water partition coefficient (Wildman–Crippen LogP) is 4.93. The van der Waals surface area contributed by atoms with Crippen LogP contribution in [-0.2, 0) is 4.79 Å². The molecule has 198 valence electrons. The number of ether oxygens (including phenoxy) is 1. The molecule has 0 saturated carbocycles. The number of fused-ring (bicyclic) bond motifs is 1. The van der Waals surface area contributed by atoms with Crippen LogP contribution in [0.4, 0.5) is 23.4 Å². The Kier molecular flexibility index (Phi) is 7.03. The molecule has 4 aromatic rings. The number of carbonyl (C=O) groups excluding carboxylic acids is 2. The topological polar surface area (TPSA) is 102 Å². The van der Waals surface area contributed by atoms with Crippen molar-refractivity contribution in [3.63, 3.8) is 0 Å². The molecule has 38 heavy (non-hydrogen) atoms. The quantitative estimate of drug-likeness (QED) is 0.355. The van der Waals surface area contributed by atoms with Gasteiger partial charge >= 0.3 is 6.36 Å². The van der Waals surface area contributed by atoms with Gasteiger partial charge in [0.1, 0.15) is 11.6 Å². The van der Waals surface area contributed by atoms with Gasteiger partial charge in [0, 0.05) is 31.3 Å². The number of nitrogens with one attached hydrogen (secondary N) is 1. The summed E-state index contributed by atoms with van der Waals surface area (Å²) in [6.45, 7) is 4.47. The molecular weight excluding hydrogens is 508 g/mol. The standard InChI is InChI=1S/C25H22F4N6O3/c1-13-18(24(37)34(4)14(2)19-10-17(5-6-20(19)26)38-25(27,28)29)9-16(11-30-13)21-7-8-23-32-22(31-15(3)36)12-35(23)33-21/h5-12,14H,1-4H3,(H,31,36)/t14-/m1/s1. The summed E-state index contributed by atoms with van der Waals surface area (Å²) in [5.41, 5.74) is 1.90. The number of carbonyl (C=O) groups is 2. The first kappa shape index (κ1) is 26.5. The Bertz CT molecular complexity index is 1540. The Hall–Kier alpha value is -4.55. The molecule has 0 fully saturated rings. The second-order valence-corrected chi connectivity index (χ2v) is 8.51. The maximum Gasteiger partial charge on any atom is 0.573 e. The van der Waals surface area contributed by atoms with Crippen molar-refractivity contribution >= 4 is 23.3 Å². The van der Waals surface area contributed by atoms with Crippen LogP contribution >= 0.6 is 0 Å². The van der Waals surface area contributed by atoms with Gasteiger partial charge in [0.05, 0.1) is 29.2 Å². The van der Waals surface area contributed by atoms with E-state index in [-0.39, 0.29) is 17.0 Å². The number of hydrogen-bond acceptors (Lipinski definition) is 6. The summed E-state index contributed by atoms with van der Waals surface area (Å²) >= 11 is 0. The fourth-order valence-electron chi connectivity index (χ4n) is 3.78. The highest BCUT2D eigenvalue weighted by molar-refractivity contribution is 5.96. The molecule has 0 saturated heterocycles. The highest BCUT2D eigenvalue weighted by Crippen LogP contribution is 2.31. The Labute approximate surface area is 214 Å². The van der Waals surface area contributed by atoms with Gasteiger partial charge < -0.3 is 15.0 Å². The largest absolute Gasteiger partial charge is 0.573 e.